The number of ether oxygens (including phenoxy) is 1. The Morgan fingerprint density at radius 3 is 2.79 bits per heavy atom. The minimum absolute atomic E-state index is 0.154. The van der Waals surface area contributed by atoms with Crippen LogP contribution in [0.2, 0.25) is 0 Å². The second-order valence-corrected chi connectivity index (χ2v) is 3.12. The van der Waals surface area contributed by atoms with Crippen molar-refractivity contribution in [3.63, 3.8) is 0 Å². The van der Waals surface area contributed by atoms with Gasteiger partial charge < -0.3 is 15.6 Å². The standard InChI is InChI=1S/C10H14FNO2/c1-7(13)6-14-9-3-2-8(5-12)10(11)4-9/h2-4,7,13H,5-6,12H2,1H3. The van der Waals surface area contributed by atoms with E-state index in [9.17, 15) is 4.39 Å². The number of aliphatic hydroxyl groups excluding tert-OH is 1. The summed E-state index contributed by atoms with van der Waals surface area (Å²) in [4.78, 5) is 0. The number of rotatable bonds is 4. The van der Waals surface area contributed by atoms with Crippen molar-refractivity contribution in [2.24, 2.45) is 5.73 Å². The van der Waals surface area contributed by atoms with Gasteiger partial charge in [-0.1, -0.05) is 6.07 Å². The molecule has 0 aromatic heterocycles. The summed E-state index contributed by atoms with van der Waals surface area (Å²) in [6.45, 7) is 1.93. The van der Waals surface area contributed by atoms with E-state index >= 15 is 0 Å². The highest BCUT2D eigenvalue weighted by Gasteiger charge is 2.03. The molecule has 1 atom stereocenters. The zero-order chi connectivity index (χ0) is 10.6. The van der Waals surface area contributed by atoms with E-state index in [1.54, 1.807) is 19.1 Å². The highest BCUT2D eigenvalue weighted by molar-refractivity contribution is 5.28. The van der Waals surface area contributed by atoms with Gasteiger partial charge in [-0.25, -0.2) is 4.39 Å². The Bertz CT molecular complexity index is 302. The molecule has 78 valence electrons. The van der Waals surface area contributed by atoms with Crippen molar-refractivity contribution in [1.29, 1.82) is 0 Å². The third-order valence-electron chi connectivity index (χ3n) is 1.74. The molecule has 0 bridgehead atoms. The molecule has 4 heteroatoms. The van der Waals surface area contributed by atoms with Crippen molar-refractivity contribution in [2.45, 2.75) is 19.6 Å². The zero-order valence-electron chi connectivity index (χ0n) is 8.03. The van der Waals surface area contributed by atoms with Crippen molar-refractivity contribution in [3.05, 3.63) is 29.6 Å². The summed E-state index contributed by atoms with van der Waals surface area (Å²) >= 11 is 0. The van der Waals surface area contributed by atoms with Gasteiger partial charge in [-0.2, -0.15) is 0 Å². The van der Waals surface area contributed by atoms with E-state index in [2.05, 4.69) is 0 Å². The Morgan fingerprint density at radius 2 is 2.29 bits per heavy atom. The van der Waals surface area contributed by atoms with Crippen molar-refractivity contribution in [2.75, 3.05) is 6.61 Å². The predicted octanol–water partition coefficient (Wildman–Crippen LogP) is 1.04. The van der Waals surface area contributed by atoms with Gasteiger partial charge in [0.05, 0.1) is 6.10 Å². The topological polar surface area (TPSA) is 55.5 Å². The first-order valence-electron chi connectivity index (χ1n) is 4.43. The molecule has 1 aromatic carbocycles. The maximum Gasteiger partial charge on any atom is 0.131 e. The first-order valence-corrected chi connectivity index (χ1v) is 4.43. The van der Waals surface area contributed by atoms with Crippen LogP contribution in [0, 0.1) is 5.82 Å². The van der Waals surface area contributed by atoms with Gasteiger partial charge in [0.25, 0.3) is 0 Å². The summed E-state index contributed by atoms with van der Waals surface area (Å²) in [7, 11) is 0. The van der Waals surface area contributed by atoms with Crippen LogP contribution in [0.4, 0.5) is 4.39 Å². The first-order chi connectivity index (χ1) is 6.63. The van der Waals surface area contributed by atoms with Crippen LogP contribution in [0.1, 0.15) is 12.5 Å². The lowest BCUT2D eigenvalue weighted by molar-refractivity contribution is 0.122. The lowest BCUT2D eigenvalue weighted by Gasteiger charge is -2.08. The molecule has 0 aliphatic heterocycles. The maximum absolute atomic E-state index is 13.2. The van der Waals surface area contributed by atoms with Crippen LogP contribution in [0.5, 0.6) is 5.75 Å². The van der Waals surface area contributed by atoms with E-state index < -0.39 is 6.10 Å². The fraction of sp³-hybridized carbons (Fsp3) is 0.400. The van der Waals surface area contributed by atoms with Crippen LogP contribution in [0.15, 0.2) is 18.2 Å². The van der Waals surface area contributed by atoms with E-state index in [1.807, 2.05) is 0 Å². The van der Waals surface area contributed by atoms with Crippen LogP contribution < -0.4 is 10.5 Å². The second-order valence-electron chi connectivity index (χ2n) is 3.12. The number of hydrogen-bond acceptors (Lipinski definition) is 3. The summed E-state index contributed by atoms with van der Waals surface area (Å²) in [6.07, 6.45) is -0.563. The average molecular weight is 199 g/mol. The third-order valence-corrected chi connectivity index (χ3v) is 1.74. The Hall–Kier alpha value is -1.13. The van der Waals surface area contributed by atoms with E-state index in [0.717, 1.165) is 0 Å². The van der Waals surface area contributed by atoms with Crippen LogP contribution in [0.3, 0.4) is 0 Å². The fourth-order valence-corrected chi connectivity index (χ4v) is 1.00. The molecule has 1 unspecified atom stereocenters. The fourth-order valence-electron chi connectivity index (χ4n) is 1.00. The molecule has 0 fully saturated rings. The van der Waals surface area contributed by atoms with E-state index in [0.29, 0.717) is 11.3 Å². The average Bonchev–Trinajstić information content (AvgIpc) is 2.15. The Labute approximate surface area is 82.3 Å². The van der Waals surface area contributed by atoms with E-state index in [1.165, 1.54) is 6.07 Å². The molecule has 3 nitrogen and oxygen atoms in total. The molecule has 1 aromatic rings. The SMILES string of the molecule is CC(O)COc1ccc(CN)c(F)c1. The second kappa shape index (κ2) is 4.93. The molecule has 0 amide bonds. The first kappa shape index (κ1) is 10.9. The van der Waals surface area contributed by atoms with E-state index in [-0.39, 0.29) is 19.0 Å². The Kier molecular flexibility index (Phi) is 3.85. The maximum atomic E-state index is 13.2. The molecular formula is C10H14FNO2. The lowest BCUT2D eigenvalue weighted by atomic mass is 10.2. The van der Waals surface area contributed by atoms with Crippen LogP contribution in [0.25, 0.3) is 0 Å². The van der Waals surface area contributed by atoms with Gasteiger partial charge in [-0.05, 0) is 13.0 Å². The van der Waals surface area contributed by atoms with E-state index in [4.69, 9.17) is 15.6 Å². The molecule has 1 rings (SSSR count). The van der Waals surface area contributed by atoms with Gasteiger partial charge in [-0.15, -0.1) is 0 Å². The van der Waals surface area contributed by atoms with Gasteiger partial charge in [0.2, 0.25) is 0 Å². The largest absolute Gasteiger partial charge is 0.491 e. The summed E-state index contributed by atoms with van der Waals surface area (Å²) in [5.74, 6) is 0.0243. The molecule has 0 aliphatic carbocycles. The molecule has 0 spiro atoms. The van der Waals surface area contributed by atoms with Gasteiger partial charge >= 0.3 is 0 Å². The molecule has 14 heavy (non-hydrogen) atoms. The van der Waals surface area contributed by atoms with Gasteiger partial charge in [-0.3, -0.25) is 0 Å². The van der Waals surface area contributed by atoms with Crippen molar-refractivity contribution in [1.82, 2.24) is 0 Å². The quantitative estimate of drug-likeness (QED) is 0.761. The molecule has 3 N–H and O–H groups in total. The molecule has 0 saturated carbocycles. The molecular weight excluding hydrogens is 185 g/mol. The number of aliphatic hydroxyl groups is 1. The van der Waals surface area contributed by atoms with Gasteiger partial charge in [0, 0.05) is 18.2 Å². The summed E-state index contributed by atoms with van der Waals surface area (Å²) < 4.78 is 18.3. The van der Waals surface area contributed by atoms with Crippen LogP contribution in [-0.4, -0.2) is 17.8 Å². The lowest BCUT2D eigenvalue weighted by Crippen LogP contribution is -2.13. The van der Waals surface area contributed by atoms with Crippen LogP contribution >= 0.6 is 0 Å². The predicted molar refractivity (Wildman–Crippen MR) is 51.5 cm³/mol. The minimum Gasteiger partial charge on any atom is -0.491 e. The molecule has 0 saturated heterocycles. The van der Waals surface area contributed by atoms with Crippen molar-refractivity contribution in [3.8, 4) is 5.75 Å². The highest BCUT2D eigenvalue weighted by Crippen LogP contribution is 2.16. The normalized spacial score (nSPS) is 12.6. The van der Waals surface area contributed by atoms with Crippen LogP contribution in [-0.2, 0) is 6.54 Å². The summed E-state index contributed by atoms with van der Waals surface area (Å²) in [6, 6.07) is 4.48. The summed E-state index contributed by atoms with van der Waals surface area (Å²) in [5, 5.41) is 8.94. The number of hydrogen-bond donors (Lipinski definition) is 2. The van der Waals surface area contributed by atoms with Crippen molar-refractivity contribution >= 4 is 0 Å². The monoisotopic (exact) mass is 199 g/mol. The zero-order valence-corrected chi connectivity index (χ0v) is 8.03. The molecule has 0 aliphatic rings. The third kappa shape index (κ3) is 2.97. The van der Waals surface area contributed by atoms with Crippen molar-refractivity contribution < 1.29 is 14.2 Å². The van der Waals surface area contributed by atoms with Gasteiger partial charge in [0.1, 0.15) is 18.2 Å². The Balaban J connectivity index is 2.66. The smallest absolute Gasteiger partial charge is 0.131 e. The van der Waals surface area contributed by atoms with Gasteiger partial charge in [0.15, 0.2) is 0 Å². The molecule has 0 heterocycles. The Morgan fingerprint density at radius 1 is 1.57 bits per heavy atom. The number of nitrogens with two attached hydrogens (primary N) is 1. The highest BCUT2D eigenvalue weighted by atomic mass is 19.1. The number of halogens is 1. The summed E-state index contributed by atoms with van der Waals surface area (Å²) in [5.41, 5.74) is 5.76. The minimum atomic E-state index is -0.563. The molecule has 0 radical (unpaired) electrons. The number of benzene rings is 1.